The zero-order chi connectivity index (χ0) is 17.8. The van der Waals surface area contributed by atoms with E-state index in [1.807, 2.05) is 11.0 Å². The van der Waals surface area contributed by atoms with Gasteiger partial charge in [-0.05, 0) is 12.1 Å². The second-order valence-electron chi connectivity index (χ2n) is 5.46. The Labute approximate surface area is 150 Å². The van der Waals surface area contributed by atoms with Gasteiger partial charge in [-0.1, -0.05) is 0 Å². The van der Waals surface area contributed by atoms with Crippen LogP contribution in [-0.4, -0.2) is 54.2 Å². The highest BCUT2D eigenvalue weighted by Crippen LogP contribution is 2.46. The van der Waals surface area contributed by atoms with Gasteiger partial charge in [0, 0.05) is 36.3 Å². The highest BCUT2D eigenvalue weighted by molar-refractivity contribution is 7.99. The van der Waals surface area contributed by atoms with E-state index in [2.05, 4.69) is 5.10 Å². The minimum atomic E-state index is -0.127. The molecule has 0 aliphatic carbocycles. The molecular weight excluding hydrogens is 342 g/mol. The van der Waals surface area contributed by atoms with E-state index in [1.54, 1.807) is 62.3 Å². The molecule has 1 amide bonds. The molecule has 0 spiro atoms. The fraction of sp³-hybridized carbons (Fsp3) is 0.412. The van der Waals surface area contributed by atoms with Crippen LogP contribution < -0.4 is 14.2 Å². The van der Waals surface area contributed by atoms with E-state index in [9.17, 15) is 4.79 Å². The van der Waals surface area contributed by atoms with Crippen molar-refractivity contribution in [3.05, 3.63) is 36.2 Å². The van der Waals surface area contributed by atoms with Crippen molar-refractivity contribution in [3.63, 3.8) is 0 Å². The Morgan fingerprint density at radius 1 is 1.20 bits per heavy atom. The maximum absolute atomic E-state index is 12.7. The molecule has 1 aliphatic rings. The molecule has 1 atom stereocenters. The van der Waals surface area contributed by atoms with E-state index in [-0.39, 0.29) is 17.8 Å². The summed E-state index contributed by atoms with van der Waals surface area (Å²) >= 11 is 1.71. The van der Waals surface area contributed by atoms with E-state index in [0.717, 1.165) is 11.3 Å². The average Bonchev–Trinajstić information content (AvgIpc) is 3.31. The molecule has 2 heterocycles. The van der Waals surface area contributed by atoms with Crippen LogP contribution in [0.2, 0.25) is 0 Å². The SMILES string of the molecule is COc1cc(OC)c(C2SCCN2C(=O)Cn2cccn2)cc1OC. The Morgan fingerprint density at radius 2 is 1.92 bits per heavy atom. The van der Waals surface area contributed by atoms with Gasteiger partial charge in [0.25, 0.3) is 0 Å². The number of carbonyl (C=O) groups excluding carboxylic acids is 1. The zero-order valence-electron chi connectivity index (χ0n) is 14.5. The van der Waals surface area contributed by atoms with Crippen LogP contribution >= 0.6 is 11.8 Å². The maximum Gasteiger partial charge on any atom is 0.245 e. The average molecular weight is 363 g/mol. The molecular formula is C17H21N3O4S. The summed E-state index contributed by atoms with van der Waals surface area (Å²) in [6.45, 7) is 0.909. The topological polar surface area (TPSA) is 65.8 Å². The molecule has 1 fully saturated rings. The molecule has 1 aromatic heterocycles. The van der Waals surface area contributed by atoms with Gasteiger partial charge in [-0.2, -0.15) is 5.10 Å². The molecule has 1 saturated heterocycles. The molecule has 3 rings (SSSR count). The van der Waals surface area contributed by atoms with E-state index < -0.39 is 0 Å². The number of aromatic nitrogens is 2. The Morgan fingerprint density at radius 3 is 2.56 bits per heavy atom. The van der Waals surface area contributed by atoms with Crippen molar-refractivity contribution in [3.8, 4) is 17.2 Å². The lowest BCUT2D eigenvalue weighted by Crippen LogP contribution is -2.33. The van der Waals surface area contributed by atoms with Crippen molar-refractivity contribution in [1.82, 2.24) is 14.7 Å². The molecule has 1 aromatic carbocycles. The Balaban J connectivity index is 1.90. The minimum absolute atomic E-state index is 0.0236. The van der Waals surface area contributed by atoms with Crippen molar-refractivity contribution >= 4 is 17.7 Å². The minimum Gasteiger partial charge on any atom is -0.496 e. The summed E-state index contributed by atoms with van der Waals surface area (Å²) in [7, 11) is 4.79. The second-order valence-corrected chi connectivity index (χ2v) is 6.65. The predicted molar refractivity (Wildman–Crippen MR) is 95.2 cm³/mol. The third kappa shape index (κ3) is 3.53. The van der Waals surface area contributed by atoms with Gasteiger partial charge in [0.1, 0.15) is 17.7 Å². The summed E-state index contributed by atoms with van der Waals surface area (Å²) in [6.07, 6.45) is 3.45. The number of methoxy groups -OCH3 is 3. The first-order chi connectivity index (χ1) is 12.2. The number of amides is 1. The van der Waals surface area contributed by atoms with E-state index in [0.29, 0.717) is 23.8 Å². The summed E-state index contributed by atoms with van der Waals surface area (Å²) in [5, 5.41) is 3.98. The lowest BCUT2D eigenvalue weighted by molar-refractivity contribution is -0.132. The van der Waals surface area contributed by atoms with Crippen molar-refractivity contribution in [2.24, 2.45) is 0 Å². The fourth-order valence-electron chi connectivity index (χ4n) is 2.85. The maximum atomic E-state index is 12.7. The number of nitrogens with zero attached hydrogens (tertiary/aromatic N) is 3. The molecule has 1 unspecified atom stereocenters. The number of carbonyl (C=O) groups is 1. The number of rotatable bonds is 6. The van der Waals surface area contributed by atoms with Crippen LogP contribution in [0.5, 0.6) is 17.2 Å². The summed E-state index contributed by atoms with van der Waals surface area (Å²) < 4.78 is 17.9. The van der Waals surface area contributed by atoms with Gasteiger partial charge in [-0.15, -0.1) is 11.8 Å². The highest BCUT2D eigenvalue weighted by Gasteiger charge is 2.33. The first-order valence-electron chi connectivity index (χ1n) is 7.86. The zero-order valence-corrected chi connectivity index (χ0v) is 15.3. The molecule has 0 saturated carbocycles. The molecule has 7 nitrogen and oxygen atoms in total. The normalized spacial score (nSPS) is 16.8. The van der Waals surface area contributed by atoms with Gasteiger partial charge in [0.2, 0.25) is 5.91 Å². The molecule has 0 radical (unpaired) electrons. The van der Waals surface area contributed by atoms with Crippen LogP contribution in [0, 0.1) is 0 Å². The van der Waals surface area contributed by atoms with Crippen molar-refractivity contribution in [2.75, 3.05) is 33.6 Å². The first kappa shape index (κ1) is 17.5. The van der Waals surface area contributed by atoms with Gasteiger partial charge in [0.05, 0.1) is 21.3 Å². The van der Waals surface area contributed by atoms with Gasteiger partial charge in [-0.3, -0.25) is 9.48 Å². The highest BCUT2D eigenvalue weighted by atomic mass is 32.2. The first-order valence-corrected chi connectivity index (χ1v) is 8.91. The van der Waals surface area contributed by atoms with Crippen LogP contribution in [0.1, 0.15) is 10.9 Å². The smallest absolute Gasteiger partial charge is 0.245 e. The third-order valence-electron chi connectivity index (χ3n) is 4.07. The number of ether oxygens (including phenoxy) is 3. The summed E-state index contributed by atoms with van der Waals surface area (Å²) in [4.78, 5) is 14.6. The number of thioether (sulfide) groups is 1. The van der Waals surface area contributed by atoms with Crippen LogP contribution in [0.25, 0.3) is 0 Å². The van der Waals surface area contributed by atoms with Crippen LogP contribution in [0.15, 0.2) is 30.6 Å². The van der Waals surface area contributed by atoms with Gasteiger partial charge >= 0.3 is 0 Å². The Kier molecular flexibility index (Phi) is 5.37. The molecule has 0 N–H and O–H groups in total. The summed E-state index contributed by atoms with van der Waals surface area (Å²) in [6, 6.07) is 5.49. The van der Waals surface area contributed by atoms with E-state index in [4.69, 9.17) is 14.2 Å². The predicted octanol–water partition coefficient (Wildman–Crippen LogP) is 2.18. The lowest BCUT2D eigenvalue weighted by atomic mass is 10.1. The molecule has 1 aliphatic heterocycles. The van der Waals surface area contributed by atoms with Crippen molar-refractivity contribution < 1.29 is 19.0 Å². The van der Waals surface area contributed by atoms with Gasteiger partial charge in [0.15, 0.2) is 11.5 Å². The van der Waals surface area contributed by atoms with Crippen LogP contribution in [0.4, 0.5) is 0 Å². The number of hydrogen-bond donors (Lipinski definition) is 0. The van der Waals surface area contributed by atoms with Crippen LogP contribution in [-0.2, 0) is 11.3 Å². The molecule has 8 heteroatoms. The van der Waals surface area contributed by atoms with Crippen LogP contribution in [0.3, 0.4) is 0 Å². The van der Waals surface area contributed by atoms with E-state index in [1.165, 1.54) is 0 Å². The number of benzene rings is 1. The Bertz CT molecular complexity index is 736. The molecule has 25 heavy (non-hydrogen) atoms. The summed E-state index contributed by atoms with van der Waals surface area (Å²) in [5.41, 5.74) is 0.900. The van der Waals surface area contributed by atoms with Gasteiger partial charge in [-0.25, -0.2) is 0 Å². The molecule has 0 bridgehead atoms. The number of hydrogen-bond acceptors (Lipinski definition) is 6. The van der Waals surface area contributed by atoms with E-state index >= 15 is 0 Å². The standard InChI is InChI=1S/C17H21N3O4S/c1-22-13-10-15(24-3)14(23-2)9-12(13)17-20(7-8-25-17)16(21)11-19-6-4-5-18-19/h4-6,9-10,17H,7-8,11H2,1-3H3. The summed E-state index contributed by atoms with van der Waals surface area (Å²) in [5.74, 6) is 2.78. The Hall–Kier alpha value is -2.35. The largest absolute Gasteiger partial charge is 0.496 e. The van der Waals surface area contributed by atoms with Crippen molar-refractivity contribution in [2.45, 2.75) is 11.9 Å². The monoisotopic (exact) mass is 363 g/mol. The lowest BCUT2D eigenvalue weighted by Gasteiger charge is -2.26. The molecule has 2 aromatic rings. The van der Waals surface area contributed by atoms with Crippen molar-refractivity contribution in [1.29, 1.82) is 0 Å². The third-order valence-corrected chi connectivity index (χ3v) is 5.31. The van der Waals surface area contributed by atoms with Gasteiger partial charge < -0.3 is 19.1 Å². The fourth-order valence-corrected chi connectivity index (χ4v) is 4.14. The second kappa shape index (κ2) is 7.69. The quantitative estimate of drug-likeness (QED) is 0.784. The molecule has 134 valence electrons.